The summed E-state index contributed by atoms with van der Waals surface area (Å²) in [6.07, 6.45) is -22.8. The minimum Gasteiger partial charge on any atom is -0.508 e. The second-order valence-electron chi connectivity index (χ2n) is 29.3. The molecule has 3 saturated heterocycles. The average Bonchev–Trinajstić information content (AvgIpc) is 0.763. The molecule has 5 aromatic rings. The van der Waals surface area contributed by atoms with Crippen molar-refractivity contribution in [3.8, 4) is 57.1 Å². The number of phenolic OH excluding ortho intramolecular Hbond substituents is 3. The molecule has 11 bridgehead atoms. The maximum absolute atomic E-state index is 16.4. The number of aliphatic hydroxyl groups excluding tert-OH is 6. The Kier molecular flexibility index (Phi) is 24.7. The number of likely N-dealkylation sites (N-methyl/N-ethyl adjacent to an activating group) is 1. The topological polar surface area (TPSA) is 575 Å². The number of primary amides is 1. The largest absolute Gasteiger partial charge is 0.508 e. The lowest BCUT2D eigenvalue weighted by molar-refractivity contribution is -0.333. The van der Waals surface area contributed by atoms with E-state index in [2.05, 4.69) is 37.2 Å². The monoisotopic (exact) mass is 1590 g/mol. The second-order valence-corrected chi connectivity index (χ2v) is 30.1. The molecule has 0 radical (unpaired) electrons. The molecule has 3 fully saturated rings. The van der Waals surface area contributed by atoms with Gasteiger partial charge in [-0.15, -0.1) is 0 Å². The molecule has 7 amide bonds. The van der Waals surface area contributed by atoms with Crippen LogP contribution in [0.2, 0.25) is 10.0 Å². The molecule has 38 heteroatoms. The van der Waals surface area contributed by atoms with E-state index in [9.17, 15) is 70.2 Å². The van der Waals surface area contributed by atoms with E-state index in [0.29, 0.717) is 0 Å². The van der Waals surface area contributed by atoms with E-state index in [4.69, 9.17) is 78.3 Å². The van der Waals surface area contributed by atoms with Gasteiger partial charge in [0, 0.05) is 46.7 Å². The van der Waals surface area contributed by atoms with Gasteiger partial charge in [0.25, 0.3) is 0 Å². The normalized spacial score (nSPS) is 32.1. The predicted octanol–water partition coefficient (Wildman–Crippen LogP) is 0.344. The van der Waals surface area contributed by atoms with Gasteiger partial charge in [0.2, 0.25) is 53.4 Å². The van der Waals surface area contributed by atoms with E-state index in [0.717, 1.165) is 48.5 Å². The molecule has 0 saturated carbocycles. The smallest absolute Gasteiger partial charge is 0.330 e. The number of nitrogens with one attached hydrogen (secondary N) is 7. The first-order chi connectivity index (χ1) is 52.3. The molecule has 5 aromatic carbocycles. The number of carbonyl (C=O) groups is 8. The number of carboxylic acids is 1. The predicted molar refractivity (Wildman–Crippen MR) is 386 cm³/mol. The number of nitrogens with two attached hydrogens (primary N) is 3. The Morgan fingerprint density at radius 3 is 1.79 bits per heavy atom. The molecule has 8 aliphatic heterocycles. The molecule has 23 N–H and O–H groups in total. The maximum Gasteiger partial charge on any atom is 0.330 e. The summed E-state index contributed by atoms with van der Waals surface area (Å²) in [7, 11) is 1.47. The lowest BCUT2D eigenvalue weighted by atomic mass is 9.86. The summed E-state index contributed by atoms with van der Waals surface area (Å²) in [6, 6.07) is -0.452. The van der Waals surface area contributed by atoms with Crippen LogP contribution in [0.25, 0.3) is 11.1 Å². The van der Waals surface area contributed by atoms with Crippen LogP contribution in [0.3, 0.4) is 0 Å². The molecule has 0 spiro atoms. The lowest BCUT2D eigenvalue weighted by Gasteiger charge is -2.47. The molecule has 0 aromatic heterocycles. The third kappa shape index (κ3) is 17.7. The molecule has 0 unspecified atom stereocenters. The van der Waals surface area contributed by atoms with Gasteiger partial charge in [-0.25, -0.2) is 4.79 Å². The number of halogens is 2. The summed E-state index contributed by atoms with van der Waals surface area (Å²) in [6.45, 7) is 8.58. The van der Waals surface area contributed by atoms with Crippen LogP contribution in [-0.2, 0) is 62.0 Å². The number of benzene rings is 5. The van der Waals surface area contributed by atoms with Crippen LogP contribution in [-0.4, -0.2) is 215 Å². The molecule has 8 heterocycles. The van der Waals surface area contributed by atoms with Gasteiger partial charge in [0.05, 0.1) is 53.5 Å². The van der Waals surface area contributed by atoms with Crippen LogP contribution in [0.1, 0.15) is 125 Å². The minimum absolute atomic E-state index is 0.110. The standard InChI is InChI=1S/C73H88Cl2N10O26/c1-26(2)14-38(79-7)64(96)84-54-56(91)30-9-12-42(36(74)16-30)106-44-18-32-19-45(60(44)111-71-61(58(93)57(92)46(25-86)108-71)110-49-24-73(6,78)63(95)28(4)105-49)107-43-13-10-31(17-37(43)75)59(109-48-23-72(5,77)62(94)27(3)104-48)55-69(101)83-53(70(102)103)35-20-33(87)21-41(89)50(35)34-15-29(8-11-40(34)88)51(66(98)85-55)82-67(99)52(32)81-65(97)39(22-47(76)90)80-68(54)100/h8-13,15-21,26-28,38-39,46,48-49,51-59,61-63,71,79,86-89,91-95H,14,22-25,77-78H2,1-7H3,(H2,76,90)(H,80,100)(H,81,97)(H,82,99)(H,83,101)(H,84,96)(H,85,98)(H,102,103)/t27-,28+,38+,39-,46+,48+,49-,51-,52+,53-,54-,55-,56-,57+,58-,59-,61+,62-,63+,71-,72-,73+/m1/s1. The summed E-state index contributed by atoms with van der Waals surface area (Å²) in [4.78, 5) is 120. The molecule has 36 nitrogen and oxygen atoms in total. The summed E-state index contributed by atoms with van der Waals surface area (Å²) in [5, 5.41) is 131. The van der Waals surface area contributed by atoms with Crippen molar-refractivity contribution in [2.75, 3.05) is 13.7 Å². The van der Waals surface area contributed by atoms with Crippen LogP contribution in [0.4, 0.5) is 0 Å². The lowest BCUT2D eigenvalue weighted by Crippen LogP contribution is -2.64. The number of hydrogen-bond acceptors (Lipinski definition) is 28. The second kappa shape index (κ2) is 33.2. The number of phenols is 3. The Hall–Kier alpha value is -9.32. The number of carboxylic acid groups (broad SMARTS) is 1. The van der Waals surface area contributed by atoms with Gasteiger partial charge in [-0.1, -0.05) is 55.2 Å². The molecule has 0 aliphatic carbocycles. The fourth-order valence-corrected chi connectivity index (χ4v) is 14.7. The summed E-state index contributed by atoms with van der Waals surface area (Å²) in [5.74, 6) is -16.1. The number of amides is 7. The van der Waals surface area contributed by atoms with E-state index in [1.165, 1.54) is 65.1 Å². The van der Waals surface area contributed by atoms with Crippen molar-refractivity contribution in [3.63, 3.8) is 0 Å². The van der Waals surface area contributed by atoms with E-state index < -0.39 is 261 Å². The number of aromatic hydroxyl groups is 3. The Labute approximate surface area is 643 Å². The first-order valence-electron chi connectivity index (χ1n) is 35.3. The number of aliphatic carboxylic acids is 1. The number of rotatable bonds is 15. The Balaban J connectivity index is 1.19. The van der Waals surface area contributed by atoms with Crippen molar-refractivity contribution in [2.45, 2.75) is 201 Å². The van der Waals surface area contributed by atoms with Crippen LogP contribution in [0, 0.1) is 5.92 Å². The van der Waals surface area contributed by atoms with Gasteiger partial charge in [0.15, 0.2) is 36.2 Å². The van der Waals surface area contributed by atoms with Gasteiger partial charge in [-0.2, -0.15) is 0 Å². The van der Waals surface area contributed by atoms with Gasteiger partial charge in [-0.05, 0) is 124 Å². The highest BCUT2D eigenvalue weighted by molar-refractivity contribution is 6.32. The number of hydrogen-bond donors (Lipinski definition) is 20. The van der Waals surface area contributed by atoms with E-state index in [1.54, 1.807) is 0 Å². The molecule has 8 aliphatic rings. The SMILES string of the molecule is CN[C@@H](CC(C)C)C(=O)N[C@H]1C(=O)N[C@H](CC(N)=O)C(=O)N[C@@H]2C(=O)N[C@H]3C(=O)N[C@@H](C(=O)N[C@@H](C(=O)O)c4cc(O)cc(O)c4-c4cc3ccc4O)[C@H](O[C@H]3C[C@@](C)(N)[C@H](O)[C@@H](C)O3)c3ccc(c(Cl)c3)Oc3cc2cc(c3O[C@H]2O[C@@H](CO)[C@H](O)[C@@H](O)[C@@H]2O[C@@H]2C[C@](C)(N)[C@@H](O)[C@H](C)O2)Oc2ccc(cc2Cl)[C@H]1O. The van der Waals surface area contributed by atoms with Crippen molar-refractivity contribution in [2.24, 2.45) is 23.1 Å². The van der Waals surface area contributed by atoms with E-state index in [-0.39, 0.29) is 52.6 Å². The third-order valence-corrected chi connectivity index (χ3v) is 20.7. The summed E-state index contributed by atoms with van der Waals surface area (Å²) < 4.78 is 51.7. The summed E-state index contributed by atoms with van der Waals surface area (Å²) >= 11 is 14.5. The Bertz CT molecular complexity index is 4420. The van der Waals surface area contributed by atoms with Gasteiger partial charge >= 0.3 is 5.97 Å². The highest BCUT2D eigenvalue weighted by Gasteiger charge is 2.52. The van der Waals surface area contributed by atoms with Crippen LogP contribution in [0.5, 0.6) is 46.0 Å². The van der Waals surface area contributed by atoms with Gasteiger partial charge in [-0.3, -0.25) is 33.6 Å². The molecule has 600 valence electrons. The van der Waals surface area contributed by atoms with Crippen LogP contribution < -0.4 is 68.6 Å². The first-order valence-corrected chi connectivity index (χ1v) is 36.1. The van der Waals surface area contributed by atoms with Gasteiger partial charge in [0.1, 0.15) is 89.5 Å². The fraction of sp³-hybridized carbons (Fsp3) is 0.479. The minimum atomic E-state index is -2.38. The first kappa shape index (κ1) is 82.6. The molecule has 13 rings (SSSR count). The highest BCUT2D eigenvalue weighted by atomic mass is 35.5. The third-order valence-electron chi connectivity index (χ3n) is 20.1. The van der Waals surface area contributed by atoms with Crippen molar-refractivity contribution >= 4 is 70.5 Å². The summed E-state index contributed by atoms with van der Waals surface area (Å²) in [5.41, 5.74) is 13.3. The maximum atomic E-state index is 16.4. The van der Waals surface area contributed by atoms with Crippen molar-refractivity contribution in [3.05, 3.63) is 117 Å². The number of ether oxygens (including phenoxy) is 8. The van der Waals surface area contributed by atoms with E-state index in [1.807, 2.05) is 13.8 Å². The molecule has 22 atom stereocenters. The van der Waals surface area contributed by atoms with Crippen molar-refractivity contribution in [1.82, 2.24) is 37.2 Å². The fourth-order valence-electron chi connectivity index (χ4n) is 14.3. The molecule has 111 heavy (non-hydrogen) atoms. The number of aliphatic hydroxyl groups is 6. The highest BCUT2D eigenvalue weighted by Crippen LogP contribution is 2.50. The molecular weight excluding hydrogens is 1500 g/mol. The number of carbonyl (C=O) groups excluding carboxylic acids is 7. The van der Waals surface area contributed by atoms with Crippen molar-refractivity contribution < 1.29 is 127 Å². The van der Waals surface area contributed by atoms with Crippen LogP contribution in [0.15, 0.2) is 78.9 Å². The van der Waals surface area contributed by atoms with Crippen LogP contribution >= 0.6 is 23.2 Å². The van der Waals surface area contributed by atoms with E-state index >= 15 is 19.2 Å². The zero-order valence-electron chi connectivity index (χ0n) is 60.7. The van der Waals surface area contributed by atoms with Gasteiger partial charge < -0.3 is 143 Å². The number of fused-ring (bicyclic) bond motifs is 15. The Morgan fingerprint density at radius 1 is 0.658 bits per heavy atom. The Morgan fingerprint density at radius 2 is 1.23 bits per heavy atom. The molecular formula is C73H88Cl2N10O26. The zero-order chi connectivity index (χ0) is 80.9. The zero-order valence-corrected chi connectivity index (χ0v) is 62.2. The average molecular weight is 1590 g/mol. The van der Waals surface area contributed by atoms with Crippen molar-refractivity contribution in [1.29, 1.82) is 0 Å². The quantitative estimate of drug-likeness (QED) is 0.0672.